The van der Waals surface area contributed by atoms with Crippen LogP contribution in [0, 0.1) is 0 Å². The second kappa shape index (κ2) is 12.2. The maximum Gasteiger partial charge on any atom is 0.405 e. The summed E-state index contributed by atoms with van der Waals surface area (Å²) in [6, 6.07) is 28.3. The summed E-state index contributed by atoms with van der Waals surface area (Å²) >= 11 is 0. The van der Waals surface area contributed by atoms with Gasteiger partial charge in [0, 0.05) is 25.5 Å². The molecule has 1 fully saturated rings. The number of hydrogen-bond acceptors (Lipinski definition) is 4. The summed E-state index contributed by atoms with van der Waals surface area (Å²) in [5, 5.41) is 15.0. The summed E-state index contributed by atoms with van der Waals surface area (Å²) in [6.45, 7) is 1.57. The number of rotatable bonds is 9. The molecule has 0 radical (unpaired) electrons. The van der Waals surface area contributed by atoms with E-state index in [1.807, 2.05) is 91.0 Å². The van der Waals surface area contributed by atoms with Crippen LogP contribution in [0.1, 0.15) is 42.9 Å². The molecule has 39 heavy (non-hydrogen) atoms. The predicted octanol–water partition coefficient (Wildman–Crippen LogP) is 4.22. The van der Waals surface area contributed by atoms with Crippen LogP contribution >= 0.6 is 0 Å². The fraction of sp³-hybridized carbons (Fsp3) is 0.226. The summed E-state index contributed by atoms with van der Waals surface area (Å²) in [5.74, 6) is -1.07. The fourth-order valence-electron chi connectivity index (χ4n) is 5.01. The Morgan fingerprint density at radius 3 is 1.79 bits per heavy atom. The molecule has 0 saturated carbocycles. The molecule has 8 nitrogen and oxygen atoms in total. The van der Waals surface area contributed by atoms with Crippen molar-refractivity contribution >= 4 is 23.8 Å². The highest BCUT2D eigenvalue weighted by atomic mass is 16.4. The molecule has 200 valence electrons. The number of carbonyl (C=O) groups is 4. The minimum Gasteiger partial charge on any atom is -0.465 e. The van der Waals surface area contributed by atoms with Crippen molar-refractivity contribution in [2.45, 2.75) is 37.8 Å². The first-order valence-corrected chi connectivity index (χ1v) is 12.8. The van der Waals surface area contributed by atoms with Gasteiger partial charge in [0.2, 0.25) is 11.8 Å². The first-order chi connectivity index (χ1) is 18.8. The third kappa shape index (κ3) is 6.23. The van der Waals surface area contributed by atoms with Crippen LogP contribution in [0.2, 0.25) is 0 Å². The van der Waals surface area contributed by atoms with Crippen LogP contribution in [0.25, 0.3) is 0 Å². The molecule has 8 heteroatoms. The van der Waals surface area contributed by atoms with E-state index in [0.29, 0.717) is 12.0 Å². The zero-order valence-corrected chi connectivity index (χ0v) is 21.7. The van der Waals surface area contributed by atoms with E-state index >= 15 is 0 Å². The number of nitrogens with zero attached hydrogens (tertiary/aromatic N) is 1. The zero-order chi connectivity index (χ0) is 27.8. The van der Waals surface area contributed by atoms with Gasteiger partial charge in [-0.2, -0.15) is 0 Å². The van der Waals surface area contributed by atoms with E-state index in [-0.39, 0.29) is 31.2 Å². The largest absolute Gasteiger partial charge is 0.465 e. The Balaban J connectivity index is 1.63. The molecule has 0 bridgehead atoms. The van der Waals surface area contributed by atoms with Crippen LogP contribution in [0.15, 0.2) is 103 Å². The Bertz CT molecular complexity index is 1260. The normalized spacial score (nSPS) is 15.2. The Hall–Kier alpha value is -4.72. The summed E-state index contributed by atoms with van der Waals surface area (Å²) in [7, 11) is 0. The van der Waals surface area contributed by atoms with Crippen molar-refractivity contribution in [2.75, 3.05) is 6.54 Å². The number of carbonyl (C=O) groups excluding carboxylic acids is 3. The molecule has 1 heterocycles. The first kappa shape index (κ1) is 27.3. The molecule has 4 amide bonds. The maximum absolute atomic E-state index is 13.6. The van der Waals surface area contributed by atoms with Crippen LogP contribution in [0.5, 0.6) is 0 Å². The van der Waals surface area contributed by atoms with Gasteiger partial charge in [-0.1, -0.05) is 97.1 Å². The van der Waals surface area contributed by atoms with Gasteiger partial charge in [0.15, 0.2) is 0 Å². The topological polar surface area (TPSA) is 116 Å². The van der Waals surface area contributed by atoms with E-state index in [4.69, 9.17) is 0 Å². The summed E-state index contributed by atoms with van der Waals surface area (Å²) in [4.78, 5) is 50.4. The van der Waals surface area contributed by atoms with Crippen molar-refractivity contribution in [3.8, 4) is 0 Å². The molecule has 1 atom stereocenters. The Morgan fingerprint density at radius 1 is 0.897 bits per heavy atom. The number of carboxylic acid groups (broad SMARTS) is 1. The second-order valence-corrected chi connectivity index (χ2v) is 9.41. The molecular formula is C31H31N3O5. The lowest BCUT2D eigenvalue weighted by Crippen LogP contribution is -2.48. The van der Waals surface area contributed by atoms with Gasteiger partial charge in [0.25, 0.3) is 5.91 Å². The Labute approximate surface area is 227 Å². The minimum atomic E-state index is -1.27. The summed E-state index contributed by atoms with van der Waals surface area (Å²) in [6.07, 6.45) is 0.711. The standard InChI is InChI=1S/C31H31N3O5/c1-22(35)34-20-19-23(29(34)37)21-27(32-30(38)39)17-18-28(36)33-31(24-11-5-2-6-12-24,25-13-7-3-8-14-25)26-15-9-4-10-16-26/h2-16,21,27,32H,17-20H2,1H3,(H,33,36)(H,38,39)/b23-21+. The number of amides is 4. The number of nitrogens with one attached hydrogen (secondary N) is 2. The van der Waals surface area contributed by atoms with Gasteiger partial charge in [0.1, 0.15) is 5.54 Å². The Morgan fingerprint density at radius 2 is 1.38 bits per heavy atom. The van der Waals surface area contributed by atoms with Gasteiger partial charge in [-0.05, 0) is 29.5 Å². The monoisotopic (exact) mass is 525 g/mol. The average molecular weight is 526 g/mol. The van der Waals surface area contributed by atoms with E-state index in [1.54, 1.807) is 0 Å². The molecule has 1 aliphatic rings. The molecule has 0 aromatic heterocycles. The van der Waals surface area contributed by atoms with E-state index in [2.05, 4.69) is 10.6 Å². The smallest absolute Gasteiger partial charge is 0.405 e. The van der Waals surface area contributed by atoms with Crippen LogP contribution < -0.4 is 10.6 Å². The lowest BCUT2D eigenvalue weighted by molar-refractivity contribution is -0.139. The van der Waals surface area contributed by atoms with Crippen molar-refractivity contribution in [3.05, 3.63) is 119 Å². The van der Waals surface area contributed by atoms with E-state index in [9.17, 15) is 24.3 Å². The van der Waals surface area contributed by atoms with Crippen LogP contribution in [-0.4, -0.2) is 46.4 Å². The molecule has 0 aliphatic carbocycles. The summed E-state index contributed by atoms with van der Waals surface area (Å²) < 4.78 is 0. The quantitative estimate of drug-likeness (QED) is 0.286. The van der Waals surface area contributed by atoms with Gasteiger partial charge >= 0.3 is 6.09 Å². The lowest BCUT2D eigenvalue weighted by Gasteiger charge is -2.37. The van der Waals surface area contributed by atoms with E-state index in [1.165, 1.54) is 13.0 Å². The third-order valence-corrected chi connectivity index (χ3v) is 6.85. The van der Waals surface area contributed by atoms with Crippen molar-refractivity contribution in [3.63, 3.8) is 0 Å². The molecule has 1 unspecified atom stereocenters. The van der Waals surface area contributed by atoms with E-state index < -0.39 is 23.6 Å². The van der Waals surface area contributed by atoms with Gasteiger partial charge in [-0.3, -0.25) is 19.3 Å². The van der Waals surface area contributed by atoms with E-state index in [0.717, 1.165) is 21.6 Å². The van der Waals surface area contributed by atoms with Crippen molar-refractivity contribution in [2.24, 2.45) is 0 Å². The molecule has 1 aliphatic heterocycles. The van der Waals surface area contributed by atoms with Gasteiger partial charge in [0.05, 0.1) is 6.04 Å². The predicted molar refractivity (Wildman–Crippen MR) is 147 cm³/mol. The first-order valence-electron chi connectivity index (χ1n) is 12.8. The van der Waals surface area contributed by atoms with Gasteiger partial charge in [-0.25, -0.2) is 4.79 Å². The number of hydrogen-bond donors (Lipinski definition) is 3. The summed E-state index contributed by atoms with van der Waals surface area (Å²) in [5.41, 5.74) is 1.99. The number of likely N-dealkylation sites (tertiary alicyclic amines) is 1. The molecule has 1 saturated heterocycles. The SMILES string of the molecule is CC(=O)N1CC/C(=C\C(CCC(=O)NC(c2ccccc2)(c2ccccc2)c2ccccc2)NC(=O)O)C1=O. The lowest BCUT2D eigenvalue weighted by atomic mass is 9.77. The van der Waals surface area contributed by atoms with Crippen LogP contribution in [0.3, 0.4) is 0 Å². The highest BCUT2D eigenvalue weighted by Crippen LogP contribution is 2.37. The van der Waals surface area contributed by atoms with Gasteiger partial charge in [-0.15, -0.1) is 0 Å². The number of benzene rings is 3. The molecule has 3 aromatic rings. The zero-order valence-electron chi connectivity index (χ0n) is 21.7. The van der Waals surface area contributed by atoms with Gasteiger partial charge < -0.3 is 15.7 Å². The van der Waals surface area contributed by atoms with Crippen molar-refractivity contribution in [1.29, 1.82) is 0 Å². The minimum absolute atomic E-state index is 0.00636. The highest BCUT2D eigenvalue weighted by Gasteiger charge is 2.38. The van der Waals surface area contributed by atoms with Crippen molar-refractivity contribution in [1.82, 2.24) is 15.5 Å². The van der Waals surface area contributed by atoms with Crippen LogP contribution in [-0.2, 0) is 19.9 Å². The third-order valence-electron chi connectivity index (χ3n) is 6.85. The molecular weight excluding hydrogens is 494 g/mol. The van der Waals surface area contributed by atoms with Crippen LogP contribution in [0.4, 0.5) is 4.79 Å². The number of imide groups is 1. The molecule has 3 N–H and O–H groups in total. The average Bonchev–Trinajstić information content (AvgIpc) is 3.31. The molecule has 0 spiro atoms. The second-order valence-electron chi connectivity index (χ2n) is 9.41. The molecule has 4 rings (SSSR count). The maximum atomic E-state index is 13.6. The highest BCUT2D eigenvalue weighted by molar-refractivity contribution is 6.05. The molecule has 3 aromatic carbocycles. The van der Waals surface area contributed by atoms with Crippen molar-refractivity contribution < 1.29 is 24.3 Å². The Kier molecular flexibility index (Phi) is 8.56. The fourth-order valence-corrected chi connectivity index (χ4v) is 5.01.